The van der Waals surface area contributed by atoms with Gasteiger partial charge in [-0.2, -0.15) is 0 Å². The second-order valence-corrected chi connectivity index (χ2v) is 7.07. The molecule has 0 aliphatic heterocycles. The fraction of sp³-hybridized carbons (Fsp3) is 1.00. The highest BCUT2D eigenvalue weighted by molar-refractivity contribution is 4.90. The third-order valence-corrected chi connectivity index (χ3v) is 4.87. The lowest BCUT2D eigenvalue weighted by molar-refractivity contribution is 0.0479. The van der Waals surface area contributed by atoms with Gasteiger partial charge in [-0.25, -0.2) is 0 Å². The van der Waals surface area contributed by atoms with E-state index >= 15 is 0 Å². The summed E-state index contributed by atoms with van der Waals surface area (Å²) in [4.78, 5) is 2.68. The largest absolute Gasteiger partial charge is 0.330 e. The molecule has 2 N–H and O–H groups in total. The lowest BCUT2D eigenvalue weighted by atomic mass is 9.67. The van der Waals surface area contributed by atoms with Crippen molar-refractivity contribution < 1.29 is 0 Å². The maximum Gasteiger partial charge on any atom is 0.0138 e. The van der Waals surface area contributed by atoms with Crippen molar-refractivity contribution in [3.8, 4) is 0 Å². The highest BCUT2D eigenvalue weighted by Crippen LogP contribution is 2.41. The van der Waals surface area contributed by atoms with Crippen molar-refractivity contribution in [1.82, 2.24) is 4.90 Å². The molecule has 0 saturated heterocycles. The molecule has 1 fully saturated rings. The molecule has 0 amide bonds. The molecule has 2 nitrogen and oxygen atoms in total. The zero-order chi connectivity index (χ0) is 13.8. The summed E-state index contributed by atoms with van der Waals surface area (Å²) in [6, 6.07) is 0.720. The van der Waals surface area contributed by atoms with Crippen LogP contribution in [-0.2, 0) is 0 Å². The van der Waals surface area contributed by atoms with E-state index in [1.165, 1.54) is 38.8 Å². The second-order valence-electron chi connectivity index (χ2n) is 7.07. The smallest absolute Gasteiger partial charge is 0.0138 e. The average Bonchev–Trinajstić information content (AvgIpc) is 2.34. The molecule has 0 radical (unpaired) electrons. The van der Waals surface area contributed by atoms with Gasteiger partial charge in [0.25, 0.3) is 0 Å². The normalized spacial score (nSPS) is 29.8. The van der Waals surface area contributed by atoms with Crippen molar-refractivity contribution in [2.24, 2.45) is 23.0 Å². The molecule has 2 heteroatoms. The molecule has 0 aromatic carbocycles. The van der Waals surface area contributed by atoms with Crippen molar-refractivity contribution in [3.05, 3.63) is 0 Å². The van der Waals surface area contributed by atoms with Crippen molar-refractivity contribution in [1.29, 1.82) is 0 Å². The van der Waals surface area contributed by atoms with Crippen LogP contribution in [0.25, 0.3) is 0 Å². The van der Waals surface area contributed by atoms with Crippen LogP contribution in [0.15, 0.2) is 0 Å². The van der Waals surface area contributed by atoms with Gasteiger partial charge >= 0.3 is 0 Å². The molecule has 1 saturated carbocycles. The molecule has 1 rings (SSSR count). The highest BCUT2D eigenvalue weighted by Gasteiger charge is 2.37. The lowest BCUT2D eigenvalue weighted by Crippen LogP contribution is -2.48. The molecule has 0 spiro atoms. The van der Waals surface area contributed by atoms with Crippen molar-refractivity contribution in [3.63, 3.8) is 0 Å². The zero-order valence-corrected chi connectivity index (χ0v) is 13.2. The lowest BCUT2D eigenvalue weighted by Gasteiger charge is -2.46. The number of rotatable bonds is 5. The van der Waals surface area contributed by atoms with Crippen molar-refractivity contribution in [2.75, 3.05) is 19.6 Å². The SMILES string of the molecule is CCCN(CC)C1CC(C(C)(C)C)CCC1CN. The van der Waals surface area contributed by atoms with E-state index in [0.29, 0.717) is 5.41 Å². The quantitative estimate of drug-likeness (QED) is 0.813. The van der Waals surface area contributed by atoms with E-state index in [2.05, 4.69) is 39.5 Å². The van der Waals surface area contributed by atoms with Gasteiger partial charge in [-0.1, -0.05) is 34.6 Å². The van der Waals surface area contributed by atoms with Crippen molar-refractivity contribution in [2.45, 2.75) is 66.3 Å². The summed E-state index contributed by atoms with van der Waals surface area (Å²) in [5.74, 6) is 1.58. The summed E-state index contributed by atoms with van der Waals surface area (Å²) in [5, 5.41) is 0. The summed E-state index contributed by atoms with van der Waals surface area (Å²) in [6.45, 7) is 15.0. The van der Waals surface area contributed by atoms with Gasteiger partial charge in [0.05, 0.1) is 0 Å². The Morgan fingerprint density at radius 3 is 2.28 bits per heavy atom. The van der Waals surface area contributed by atoms with Gasteiger partial charge in [0.1, 0.15) is 0 Å². The predicted octanol–water partition coefficient (Wildman–Crippen LogP) is 3.51. The fourth-order valence-corrected chi connectivity index (χ4v) is 3.56. The number of nitrogens with zero attached hydrogens (tertiary/aromatic N) is 1. The third kappa shape index (κ3) is 3.96. The Kier molecular flexibility index (Phi) is 6.13. The van der Waals surface area contributed by atoms with Crippen LogP contribution in [0, 0.1) is 17.3 Å². The first kappa shape index (κ1) is 16.0. The molecule has 0 aromatic heterocycles. The molecule has 0 bridgehead atoms. The number of hydrogen-bond acceptors (Lipinski definition) is 2. The second kappa shape index (κ2) is 6.91. The highest BCUT2D eigenvalue weighted by atomic mass is 15.2. The predicted molar refractivity (Wildman–Crippen MR) is 80.7 cm³/mol. The first-order chi connectivity index (χ1) is 8.43. The molecule has 18 heavy (non-hydrogen) atoms. The minimum absolute atomic E-state index is 0.448. The fourth-order valence-electron chi connectivity index (χ4n) is 3.56. The summed E-state index contributed by atoms with van der Waals surface area (Å²) in [6.07, 6.45) is 5.29. The Labute approximate surface area is 114 Å². The Morgan fingerprint density at radius 1 is 1.17 bits per heavy atom. The molecular formula is C16H34N2. The molecule has 1 aliphatic rings. The van der Waals surface area contributed by atoms with Gasteiger partial charge in [-0.3, -0.25) is 0 Å². The summed E-state index contributed by atoms with van der Waals surface area (Å²) >= 11 is 0. The minimum Gasteiger partial charge on any atom is -0.330 e. The Balaban J connectivity index is 2.75. The van der Waals surface area contributed by atoms with Gasteiger partial charge in [0.2, 0.25) is 0 Å². The van der Waals surface area contributed by atoms with Crippen LogP contribution >= 0.6 is 0 Å². The van der Waals surface area contributed by atoms with E-state index in [4.69, 9.17) is 5.73 Å². The molecule has 3 unspecified atom stereocenters. The molecule has 1 aliphatic carbocycles. The first-order valence-electron chi connectivity index (χ1n) is 7.88. The Bertz CT molecular complexity index is 232. The minimum atomic E-state index is 0.448. The molecule has 0 aromatic rings. The van der Waals surface area contributed by atoms with Crippen LogP contribution in [0.3, 0.4) is 0 Å². The van der Waals surface area contributed by atoms with Crippen LogP contribution in [0.4, 0.5) is 0 Å². The van der Waals surface area contributed by atoms with E-state index in [1.54, 1.807) is 0 Å². The summed E-state index contributed by atoms with van der Waals surface area (Å²) < 4.78 is 0. The van der Waals surface area contributed by atoms with E-state index in [1.807, 2.05) is 0 Å². The van der Waals surface area contributed by atoms with Crippen LogP contribution in [0.1, 0.15) is 60.3 Å². The Morgan fingerprint density at radius 2 is 1.83 bits per heavy atom. The van der Waals surface area contributed by atoms with Gasteiger partial charge in [0.15, 0.2) is 0 Å². The van der Waals surface area contributed by atoms with Crippen molar-refractivity contribution >= 4 is 0 Å². The standard InChI is InChI=1S/C16H34N2/c1-6-10-18(7-2)15-11-14(16(3,4)5)9-8-13(15)12-17/h13-15H,6-12,17H2,1-5H3. The number of hydrogen-bond donors (Lipinski definition) is 1. The van der Waals surface area contributed by atoms with Crippen LogP contribution in [0.5, 0.6) is 0 Å². The molecule has 3 atom stereocenters. The summed E-state index contributed by atoms with van der Waals surface area (Å²) in [5.41, 5.74) is 6.46. The summed E-state index contributed by atoms with van der Waals surface area (Å²) in [7, 11) is 0. The molecule has 108 valence electrons. The maximum absolute atomic E-state index is 6.01. The first-order valence-corrected chi connectivity index (χ1v) is 7.88. The zero-order valence-electron chi connectivity index (χ0n) is 13.2. The van der Waals surface area contributed by atoms with Crippen LogP contribution in [-0.4, -0.2) is 30.6 Å². The monoisotopic (exact) mass is 254 g/mol. The topological polar surface area (TPSA) is 29.3 Å². The van der Waals surface area contributed by atoms with Crippen LogP contribution < -0.4 is 5.73 Å². The maximum atomic E-state index is 6.01. The van der Waals surface area contributed by atoms with E-state index < -0.39 is 0 Å². The van der Waals surface area contributed by atoms with Gasteiger partial charge in [-0.05, 0) is 62.6 Å². The van der Waals surface area contributed by atoms with Gasteiger partial charge in [-0.15, -0.1) is 0 Å². The van der Waals surface area contributed by atoms with Crippen LogP contribution in [0.2, 0.25) is 0 Å². The third-order valence-electron chi connectivity index (χ3n) is 4.87. The van der Waals surface area contributed by atoms with Gasteiger partial charge in [0, 0.05) is 6.04 Å². The molecule has 0 heterocycles. The molecular weight excluding hydrogens is 220 g/mol. The Hall–Kier alpha value is -0.0800. The van der Waals surface area contributed by atoms with E-state index in [9.17, 15) is 0 Å². The van der Waals surface area contributed by atoms with E-state index in [0.717, 1.165) is 24.4 Å². The average molecular weight is 254 g/mol. The van der Waals surface area contributed by atoms with Gasteiger partial charge < -0.3 is 10.6 Å². The number of nitrogens with two attached hydrogens (primary N) is 1. The van der Waals surface area contributed by atoms with E-state index in [-0.39, 0.29) is 0 Å².